The molecule has 0 spiro atoms. The van der Waals surface area contributed by atoms with E-state index in [2.05, 4.69) is 15.3 Å². The number of carbonyl (C=O) groups is 1. The van der Waals surface area contributed by atoms with Crippen LogP contribution >= 0.6 is 0 Å². The number of H-pyrrole nitrogens is 1. The van der Waals surface area contributed by atoms with Crippen LogP contribution in [0, 0.1) is 0 Å². The zero-order valence-corrected chi connectivity index (χ0v) is 9.21. The molecule has 0 unspecified atom stereocenters. The van der Waals surface area contributed by atoms with Crippen LogP contribution in [0.5, 0.6) is 0 Å². The highest BCUT2D eigenvalue weighted by molar-refractivity contribution is 5.75. The van der Waals surface area contributed by atoms with E-state index in [1.54, 1.807) is 12.4 Å². The molecule has 0 fully saturated rings. The van der Waals surface area contributed by atoms with Crippen molar-refractivity contribution in [3.63, 3.8) is 0 Å². The summed E-state index contributed by atoms with van der Waals surface area (Å²) in [5.41, 5.74) is 5.49. The van der Waals surface area contributed by atoms with Crippen LogP contribution in [0.4, 0.5) is 0 Å². The first-order valence-corrected chi connectivity index (χ1v) is 5.01. The molecule has 0 saturated carbocycles. The van der Waals surface area contributed by atoms with E-state index in [1.807, 2.05) is 13.8 Å². The summed E-state index contributed by atoms with van der Waals surface area (Å²) < 4.78 is 0. The molecule has 0 aliphatic carbocycles. The van der Waals surface area contributed by atoms with E-state index in [0.717, 1.165) is 5.82 Å². The molecule has 1 amide bonds. The molecule has 0 bridgehead atoms. The summed E-state index contributed by atoms with van der Waals surface area (Å²) in [6, 6.07) is 0. The fourth-order valence-corrected chi connectivity index (χ4v) is 1.10. The van der Waals surface area contributed by atoms with Crippen molar-refractivity contribution in [2.75, 3.05) is 0 Å². The van der Waals surface area contributed by atoms with Gasteiger partial charge in [-0.3, -0.25) is 4.79 Å². The van der Waals surface area contributed by atoms with Crippen molar-refractivity contribution in [3.8, 4) is 0 Å². The number of imidazole rings is 1. The third-order valence-corrected chi connectivity index (χ3v) is 2.00. The Morgan fingerprint density at radius 3 is 2.93 bits per heavy atom. The Morgan fingerprint density at radius 2 is 2.40 bits per heavy atom. The van der Waals surface area contributed by atoms with E-state index in [-0.39, 0.29) is 11.4 Å². The number of aromatic amines is 1. The molecule has 4 N–H and O–H groups in total. The molecule has 0 aliphatic heterocycles. The lowest BCUT2D eigenvalue weighted by Crippen LogP contribution is -2.34. The number of nitrogens with one attached hydrogen (secondary N) is 2. The van der Waals surface area contributed by atoms with Crippen molar-refractivity contribution in [1.82, 2.24) is 15.3 Å². The van der Waals surface area contributed by atoms with Gasteiger partial charge in [-0.1, -0.05) is 0 Å². The van der Waals surface area contributed by atoms with Crippen molar-refractivity contribution in [3.05, 3.63) is 18.2 Å². The number of amides is 1. The molecule has 84 valence electrons. The second-order valence-corrected chi connectivity index (χ2v) is 4.30. The molecule has 0 aliphatic rings. The summed E-state index contributed by atoms with van der Waals surface area (Å²) in [5, 5.41) is 2.77. The molecule has 0 saturated heterocycles. The Morgan fingerprint density at radius 1 is 1.67 bits per heavy atom. The molecule has 1 rings (SSSR count). The first-order chi connectivity index (χ1) is 6.97. The molecule has 0 radical (unpaired) electrons. The van der Waals surface area contributed by atoms with Crippen LogP contribution in [-0.2, 0) is 11.3 Å². The molecular formula is C10H18N4O. The van der Waals surface area contributed by atoms with E-state index < -0.39 is 0 Å². The molecule has 5 nitrogen and oxygen atoms in total. The van der Waals surface area contributed by atoms with E-state index in [1.165, 1.54) is 0 Å². The number of nitrogens with two attached hydrogens (primary N) is 1. The van der Waals surface area contributed by atoms with Gasteiger partial charge in [0.25, 0.3) is 0 Å². The van der Waals surface area contributed by atoms with Gasteiger partial charge in [-0.05, 0) is 20.3 Å². The van der Waals surface area contributed by atoms with Crippen LogP contribution in [0.25, 0.3) is 0 Å². The molecule has 1 aromatic heterocycles. The molecule has 0 aromatic carbocycles. The van der Waals surface area contributed by atoms with E-state index in [4.69, 9.17) is 5.73 Å². The molecule has 0 atom stereocenters. The number of rotatable bonds is 5. The number of aromatic nitrogens is 2. The minimum absolute atomic E-state index is 0.00456. The van der Waals surface area contributed by atoms with Gasteiger partial charge < -0.3 is 16.0 Å². The lowest BCUT2D eigenvalue weighted by atomic mass is 10.00. The predicted octanol–water partition coefficient (Wildman–Crippen LogP) is 0.543. The Balaban J connectivity index is 2.20. The van der Waals surface area contributed by atoms with Crippen LogP contribution in [0.1, 0.15) is 32.5 Å². The Labute approximate surface area is 89.5 Å². The van der Waals surface area contributed by atoms with E-state index >= 15 is 0 Å². The maximum Gasteiger partial charge on any atom is 0.220 e. The van der Waals surface area contributed by atoms with Crippen LogP contribution in [0.2, 0.25) is 0 Å². The monoisotopic (exact) mass is 210 g/mol. The minimum atomic E-state index is -0.290. The summed E-state index contributed by atoms with van der Waals surface area (Å²) in [4.78, 5) is 18.3. The van der Waals surface area contributed by atoms with Crippen LogP contribution < -0.4 is 11.1 Å². The average molecular weight is 210 g/mol. The number of carbonyl (C=O) groups excluding carboxylic acids is 1. The number of hydrogen-bond donors (Lipinski definition) is 3. The van der Waals surface area contributed by atoms with Gasteiger partial charge in [0, 0.05) is 24.4 Å². The Kier molecular flexibility index (Phi) is 3.85. The quantitative estimate of drug-likeness (QED) is 0.663. The average Bonchev–Trinajstić information content (AvgIpc) is 2.62. The molecule has 5 heteroatoms. The summed E-state index contributed by atoms with van der Waals surface area (Å²) in [7, 11) is 0. The predicted molar refractivity (Wildman–Crippen MR) is 57.9 cm³/mol. The fourth-order valence-electron chi connectivity index (χ4n) is 1.10. The molecular weight excluding hydrogens is 192 g/mol. The van der Waals surface area contributed by atoms with Crippen molar-refractivity contribution in [2.45, 2.75) is 38.8 Å². The highest BCUT2D eigenvalue weighted by Gasteiger charge is 2.12. The molecule has 1 heterocycles. The largest absolute Gasteiger partial charge is 0.349 e. The van der Waals surface area contributed by atoms with Crippen molar-refractivity contribution < 1.29 is 4.79 Å². The summed E-state index contributed by atoms with van der Waals surface area (Å²) in [5.74, 6) is 0.764. The highest BCUT2D eigenvalue weighted by atomic mass is 16.1. The SMILES string of the molecule is CC(C)(N)CCC(=O)NCc1ncc[nH]1. The van der Waals surface area contributed by atoms with Crippen molar-refractivity contribution in [2.24, 2.45) is 5.73 Å². The first-order valence-electron chi connectivity index (χ1n) is 5.01. The maximum atomic E-state index is 11.4. The van der Waals surface area contributed by atoms with Crippen molar-refractivity contribution >= 4 is 5.91 Å². The van der Waals surface area contributed by atoms with Crippen LogP contribution in [0.15, 0.2) is 12.4 Å². The number of hydrogen-bond acceptors (Lipinski definition) is 3. The molecule has 1 aromatic rings. The van der Waals surface area contributed by atoms with Gasteiger partial charge >= 0.3 is 0 Å². The minimum Gasteiger partial charge on any atom is -0.349 e. The Bertz CT molecular complexity index is 300. The summed E-state index contributed by atoms with van der Waals surface area (Å²) >= 11 is 0. The number of nitrogens with zero attached hydrogens (tertiary/aromatic N) is 1. The van der Waals surface area contributed by atoms with Gasteiger partial charge in [-0.15, -0.1) is 0 Å². The summed E-state index contributed by atoms with van der Waals surface area (Å²) in [6.45, 7) is 4.26. The third-order valence-electron chi connectivity index (χ3n) is 2.00. The van der Waals surface area contributed by atoms with Gasteiger partial charge in [0.15, 0.2) is 0 Å². The van der Waals surface area contributed by atoms with E-state index in [9.17, 15) is 4.79 Å². The fraction of sp³-hybridized carbons (Fsp3) is 0.600. The van der Waals surface area contributed by atoms with Gasteiger partial charge in [-0.2, -0.15) is 0 Å². The molecule has 15 heavy (non-hydrogen) atoms. The lowest BCUT2D eigenvalue weighted by Gasteiger charge is -2.17. The van der Waals surface area contributed by atoms with Crippen molar-refractivity contribution in [1.29, 1.82) is 0 Å². The lowest BCUT2D eigenvalue weighted by molar-refractivity contribution is -0.121. The Hall–Kier alpha value is -1.36. The standard InChI is InChI=1S/C10H18N4O/c1-10(2,11)4-3-9(15)14-7-8-12-5-6-13-8/h5-6H,3-4,7,11H2,1-2H3,(H,12,13)(H,14,15). The second kappa shape index (κ2) is 4.93. The van der Waals surface area contributed by atoms with Gasteiger partial charge in [0.05, 0.1) is 6.54 Å². The topological polar surface area (TPSA) is 83.8 Å². The van der Waals surface area contributed by atoms with Gasteiger partial charge in [0.2, 0.25) is 5.91 Å². The van der Waals surface area contributed by atoms with E-state index in [0.29, 0.717) is 19.4 Å². The third kappa shape index (κ3) is 5.17. The van der Waals surface area contributed by atoms with Crippen LogP contribution in [0.3, 0.4) is 0 Å². The van der Waals surface area contributed by atoms with Gasteiger partial charge in [0.1, 0.15) is 5.82 Å². The first kappa shape index (κ1) is 11.7. The normalized spacial score (nSPS) is 11.4. The summed E-state index contributed by atoms with van der Waals surface area (Å²) in [6.07, 6.45) is 4.51. The van der Waals surface area contributed by atoms with Crippen LogP contribution in [-0.4, -0.2) is 21.4 Å². The van der Waals surface area contributed by atoms with Gasteiger partial charge in [-0.25, -0.2) is 4.98 Å². The second-order valence-electron chi connectivity index (χ2n) is 4.30. The zero-order valence-electron chi connectivity index (χ0n) is 9.21. The zero-order chi connectivity index (χ0) is 11.3. The smallest absolute Gasteiger partial charge is 0.220 e. The maximum absolute atomic E-state index is 11.4. The highest BCUT2D eigenvalue weighted by Crippen LogP contribution is 2.06.